The third-order valence-electron chi connectivity index (χ3n) is 6.07. The van der Waals surface area contributed by atoms with Crippen molar-refractivity contribution in [1.82, 2.24) is 24.6 Å². The van der Waals surface area contributed by atoms with Crippen molar-refractivity contribution in [1.29, 1.82) is 0 Å². The zero-order valence-electron chi connectivity index (χ0n) is 19.7. The third-order valence-corrected chi connectivity index (χ3v) is 6.07. The first kappa shape index (κ1) is 23.4. The highest BCUT2D eigenvalue weighted by atomic mass is 19.3. The average Bonchev–Trinajstić information content (AvgIpc) is 3.50. The molecule has 2 aromatic heterocycles. The van der Waals surface area contributed by atoms with E-state index in [4.69, 9.17) is 0 Å². The number of para-hydroxylation sites is 2. The highest BCUT2D eigenvalue weighted by Crippen LogP contribution is 2.28. The summed E-state index contributed by atoms with van der Waals surface area (Å²) in [6, 6.07) is 26.2. The van der Waals surface area contributed by atoms with Gasteiger partial charge in [0.2, 0.25) is 0 Å². The molecule has 1 N–H and O–H groups in total. The van der Waals surface area contributed by atoms with Gasteiger partial charge in [-0.15, -0.1) is 0 Å². The number of rotatable bonds is 8. The smallest absolute Gasteiger partial charge is 0.320 e. The lowest BCUT2D eigenvalue weighted by Crippen LogP contribution is -2.29. The van der Waals surface area contributed by atoms with Crippen LogP contribution in [0.25, 0.3) is 22.3 Å². The highest BCUT2D eigenvalue weighted by molar-refractivity contribution is 5.99. The minimum absolute atomic E-state index is 0.146. The third kappa shape index (κ3) is 4.75. The Hall–Kier alpha value is -4.33. The SMILES string of the molecule is C[C@H](CNC(=O)c1cn(Cc2ccccc2)nc1-c1ccccc1)c1nc2ccccc2n1C(F)F. The molecular formula is C28H25F2N5O. The first-order chi connectivity index (χ1) is 17.5. The second kappa shape index (κ2) is 10.1. The average molecular weight is 486 g/mol. The van der Waals surface area contributed by atoms with E-state index in [0.29, 0.717) is 28.8 Å². The summed E-state index contributed by atoms with van der Waals surface area (Å²) < 4.78 is 30.4. The molecule has 0 aliphatic heterocycles. The van der Waals surface area contributed by atoms with E-state index >= 15 is 0 Å². The van der Waals surface area contributed by atoms with Crippen LogP contribution in [0.4, 0.5) is 8.78 Å². The summed E-state index contributed by atoms with van der Waals surface area (Å²) in [5.74, 6) is -0.524. The Labute approximate surface area is 207 Å². The summed E-state index contributed by atoms with van der Waals surface area (Å²) in [5.41, 5.74) is 3.74. The van der Waals surface area contributed by atoms with Crippen molar-refractivity contribution in [3.63, 3.8) is 0 Å². The first-order valence-electron chi connectivity index (χ1n) is 11.7. The van der Waals surface area contributed by atoms with Gasteiger partial charge < -0.3 is 5.32 Å². The van der Waals surface area contributed by atoms with Crippen LogP contribution < -0.4 is 5.32 Å². The maximum atomic E-state index is 13.9. The topological polar surface area (TPSA) is 64.7 Å². The number of hydrogen-bond acceptors (Lipinski definition) is 3. The summed E-state index contributed by atoms with van der Waals surface area (Å²) in [6.07, 6.45) is 1.73. The van der Waals surface area contributed by atoms with Crippen molar-refractivity contribution < 1.29 is 13.6 Å². The minimum atomic E-state index is -2.73. The lowest BCUT2D eigenvalue weighted by atomic mass is 10.1. The molecule has 0 aliphatic carbocycles. The van der Waals surface area contributed by atoms with Crippen LogP contribution in [0.1, 0.15) is 41.1 Å². The van der Waals surface area contributed by atoms with Gasteiger partial charge in [0.05, 0.1) is 23.1 Å². The van der Waals surface area contributed by atoms with Gasteiger partial charge >= 0.3 is 6.55 Å². The normalized spacial score (nSPS) is 12.2. The summed E-state index contributed by atoms with van der Waals surface area (Å²) in [5, 5.41) is 7.59. The standard InChI is InChI=1S/C28H25F2N5O/c1-19(26-32-23-14-8-9-15-24(23)35(26)28(29)30)16-31-27(36)22-18-34(17-20-10-4-2-5-11-20)33-25(22)21-12-6-3-7-13-21/h2-15,18-19,28H,16-17H2,1H3,(H,31,36)/t19-/m1/s1. The fraction of sp³-hybridized carbons (Fsp3) is 0.179. The lowest BCUT2D eigenvalue weighted by Gasteiger charge is -2.15. The summed E-state index contributed by atoms with van der Waals surface area (Å²) in [4.78, 5) is 17.7. The van der Waals surface area contributed by atoms with Gasteiger partial charge in [0.1, 0.15) is 11.5 Å². The zero-order chi connectivity index (χ0) is 25.1. The van der Waals surface area contributed by atoms with E-state index in [0.717, 1.165) is 15.7 Å². The molecule has 0 bridgehead atoms. The number of nitrogens with one attached hydrogen (secondary N) is 1. The van der Waals surface area contributed by atoms with E-state index in [1.165, 1.54) is 0 Å². The molecule has 0 spiro atoms. The largest absolute Gasteiger partial charge is 0.351 e. The molecular weight excluding hydrogens is 460 g/mol. The van der Waals surface area contributed by atoms with Crippen LogP contribution in [0.5, 0.6) is 0 Å². The Bertz CT molecular complexity index is 1480. The number of fused-ring (bicyclic) bond motifs is 1. The van der Waals surface area contributed by atoms with Gasteiger partial charge in [-0.3, -0.25) is 14.0 Å². The second-order valence-corrected chi connectivity index (χ2v) is 8.66. The number of amides is 1. The van der Waals surface area contributed by atoms with Gasteiger partial charge in [0.25, 0.3) is 5.91 Å². The summed E-state index contributed by atoms with van der Waals surface area (Å²) >= 11 is 0. The van der Waals surface area contributed by atoms with E-state index in [-0.39, 0.29) is 18.3 Å². The molecule has 0 unspecified atom stereocenters. The molecule has 1 atom stereocenters. The molecule has 0 fully saturated rings. The molecule has 3 aromatic carbocycles. The Morgan fingerprint density at radius 3 is 2.33 bits per heavy atom. The van der Waals surface area contributed by atoms with Gasteiger partial charge in [-0.1, -0.05) is 79.7 Å². The molecule has 182 valence electrons. The predicted octanol–water partition coefficient (Wildman–Crippen LogP) is 5.88. The molecule has 2 heterocycles. The number of halogens is 2. The Morgan fingerprint density at radius 2 is 1.61 bits per heavy atom. The van der Waals surface area contributed by atoms with Crippen molar-refractivity contribution >= 4 is 16.9 Å². The Kier molecular flexibility index (Phi) is 6.58. The van der Waals surface area contributed by atoms with Crippen molar-refractivity contribution in [3.05, 3.63) is 108 Å². The van der Waals surface area contributed by atoms with Crippen molar-refractivity contribution in [2.24, 2.45) is 0 Å². The minimum Gasteiger partial charge on any atom is -0.351 e. The van der Waals surface area contributed by atoms with Crippen LogP contribution in [0.3, 0.4) is 0 Å². The van der Waals surface area contributed by atoms with Gasteiger partial charge in [-0.05, 0) is 17.7 Å². The molecule has 0 saturated heterocycles. The van der Waals surface area contributed by atoms with E-state index in [2.05, 4.69) is 15.4 Å². The number of nitrogens with zero attached hydrogens (tertiary/aromatic N) is 4. The fourth-order valence-corrected chi connectivity index (χ4v) is 4.30. The van der Waals surface area contributed by atoms with Crippen LogP contribution >= 0.6 is 0 Å². The molecule has 0 aliphatic rings. The van der Waals surface area contributed by atoms with E-state index in [1.54, 1.807) is 42.1 Å². The van der Waals surface area contributed by atoms with Crippen molar-refractivity contribution in [2.75, 3.05) is 6.54 Å². The van der Waals surface area contributed by atoms with Crippen LogP contribution in [-0.2, 0) is 6.54 Å². The molecule has 6 nitrogen and oxygen atoms in total. The molecule has 1 amide bonds. The van der Waals surface area contributed by atoms with Gasteiger partial charge in [0.15, 0.2) is 0 Å². The number of aromatic nitrogens is 4. The fourth-order valence-electron chi connectivity index (χ4n) is 4.30. The highest BCUT2D eigenvalue weighted by Gasteiger charge is 2.23. The van der Waals surface area contributed by atoms with Crippen molar-refractivity contribution in [3.8, 4) is 11.3 Å². The van der Waals surface area contributed by atoms with E-state index in [1.807, 2.05) is 60.7 Å². The predicted molar refractivity (Wildman–Crippen MR) is 135 cm³/mol. The Balaban J connectivity index is 1.39. The second-order valence-electron chi connectivity index (χ2n) is 8.66. The zero-order valence-corrected chi connectivity index (χ0v) is 19.7. The van der Waals surface area contributed by atoms with Crippen LogP contribution in [-0.4, -0.2) is 31.8 Å². The maximum Gasteiger partial charge on any atom is 0.320 e. The number of hydrogen-bond donors (Lipinski definition) is 1. The van der Waals surface area contributed by atoms with Gasteiger partial charge in [-0.25, -0.2) is 4.98 Å². The molecule has 36 heavy (non-hydrogen) atoms. The molecule has 0 radical (unpaired) electrons. The number of carbonyl (C=O) groups is 1. The Morgan fingerprint density at radius 1 is 0.944 bits per heavy atom. The molecule has 8 heteroatoms. The molecule has 0 saturated carbocycles. The van der Waals surface area contributed by atoms with E-state index < -0.39 is 12.5 Å². The maximum absolute atomic E-state index is 13.9. The number of benzene rings is 3. The van der Waals surface area contributed by atoms with Gasteiger partial charge in [-0.2, -0.15) is 13.9 Å². The summed E-state index contributed by atoms with van der Waals surface area (Å²) in [6.45, 7) is -0.293. The molecule has 5 aromatic rings. The lowest BCUT2D eigenvalue weighted by molar-refractivity contribution is 0.0704. The number of alkyl halides is 2. The number of carbonyl (C=O) groups excluding carboxylic acids is 1. The van der Waals surface area contributed by atoms with Crippen LogP contribution in [0.2, 0.25) is 0 Å². The number of imidazole rings is 1. The van der Waals surface area contributed by atoms with Crippen LogP contribution in [0.15, 0.2) is 91.1 Å². The first-order valence-corrected chi connectivity index (χ1v) is 11.7. The van der Waals surface area contributed by atoms with Crippen LogP contribution in [0, 0.1) is 0 Å². The van der Waals surface area contributed by atoms with E-state index in [9.17, 15) is 13.6 Å². The van der Waals surface area contributed by atoms with Crippen molar-refractivity contribution in [2.45, 2.75) is 25.9 Å². The monoisotopic (exact) mass is 485 g/mol. The summed E-state index contributed by atoms with van der Waals surface area (Å²) in [7, 11) is 0. The molecule has 5 rings (SSSR count). The quantitative estimate of drug-likeness (QED) is 0.299. The van der Waals surface area contributed by atoms with Gasteiger partial charge in [0, 0.05) is 24.2 Å².